The van der Waals surface area contributed by atoms with Gasteiger partial charge in [-0.15, -0.1) is 0 Å². The Morgan fingerprint density at radius 1 is 1.53 bits per heavy atom. The van der Waals surface area contributed by atoms with Crippen LogP contribution in [0.1, 0.15) is 17.2 Å². The van der Waals surface area contributed by atoms with Gasteiger partial charge in [0.1, 0.15) is 11.6 Å². The molecule has 0 heterocycles. The molecule has 4 heteroatoms. The Morgan fingerprint density at radius 3 is 2.73 bits per heavy atom. The van der Waals surface area contributed by atoms with Crippen molar-refractivity contribution in [1.29, 1.82) is 0 Å². The average Bonchev–Trinajstić information content (AvgIpc) is 2.21. The van der Waals surface area contributed by atoms with E-state index in [0.717, 1.165) is 0 Å². The molecule has 1 unspecified atom stereocenters. The molecule has 15 heavy (non-hydrogen) atoms. The fraction of sp³-hybridized carbons (Fsp3) is 0.455. The maximum absolute atomic E-state index is 13.3. The Labute approximate surface area is 88.9 Å². The number of halogens is 1. The maximum atomic E-state index is 13.3. The van der Waals surface area contributed by atoms with E-state index < -0.39 is 6.10 Å². The van der Waals surface area contributed by atoms with Crippen LogP contribution in [0.4, 0.5) is 4.39 Å². The Kier molecular flexibility index (Phi) is 4.05. The SMILES string of the molecule is CNCC(O)c1cc(F)c(C)cc1OC. The third kappa shape index (κ3) is 2.67. The summed E-state index contributed by atoms with van der Waals surface area (Å²) in [6.45, 7) is 2.02. The number of ether oxygens (including phenoxy) is 1. The number of aliphatic hydroxyl groups excluding tert-OH is 1. The lowest BCUT2D eigenvalue weighted by molar-refractivity contribution is 0.173. The lowest BCUT2D eigenvalue weighted by Gasteiger charge is -2.15. The van der Waals surface area contributed by atoms with Crippen LogP contribution in [0.3, 0.4) is 0 Å². The molecule has 0 bridgehead atoms. The van der Waals surface area contributed by atoms with Crippen molar-refractivity contribution in [3.8, 4) is 5.75 Å². The highest BCUT2D eigenvalue weighted by Crippen LogP contribution is 2.27. The van der Waals surface area contributed by atoms with Crippen LogP contribution >= 0.6 is 0 Å². The normalized spacial score (nSPS) is 12.6. The zero-order valence-corrected chi connectivity index (χ0v) is 9.17. The van der Waals surface area contributed by atoms with E-state index in [0.29, 0.717) is 23.4 Å². The fourth-order valence-corrected chi connectivity index (χ4v) is 1.41. The van der Waals surface area contributed by atoms with Gasteiger partial charge < -0.3 is 15.2 Å². The third-order valence-corrected chi connectivity index (χ3v) is 2.27. The highest BCUT2D eigenvalue weighted by atomic mass is 19.1. The summed E-state index contributed by atoms with van der Waals surface area (Å²) >= 11 is 0. The van der Waals surface area contributed by atoms with Gasteiger partial charge in [-0.05, 0) is 31.7 Å². The summed E-state index contributed by atoms with van der Waals surface area (Å²) in [6, 6.07) is 2.90. The summed E-state index contributed by atoms with van der Waals surface area (Å²) in [5.74, 6) is 0.178. The number of hydrogen-bond donors (Lipinski definition) is 2. The van der Waals surface area contributed by atoms with Crippen molar-refractivity contribution in [2.75, 3.05) is 20.7 Å². The number of likely N-dealkylation sites (N-methyl/N-ethyl adjacent to an activating group) is 1. The first-order valence-corrected chi connectivity index (χ1v) is 4.76. The zero-order chi connectivity index (χ0) is 11.4. The predicted octanol–water partition coefficient (Wildman–Crippen LogP) is 1.40. The number of aryl methyl sites for hydroxylation is 1. The molecule has 0 aliphatic rings. The summed E-state index contributed by atoms with van der Waals surface area (Å²) in [5, 5.41) is 12.6. The first kappa shape index (κ1) is 11.9. The Hall–Kier alpha value is -1.13. The largest absolute Gasteiger partial charge is 0.496 e. The zero-order valence-electron chi connectivity index (χ0n) is 9.17. The van der Waals surface area contributed by atoms with E-state index in [4.69, 9.17) is 4.74 Å². The summed E-state index contributed by atoms with van der Waals surface area (Å²) in [6.07, 6.45) is -0.764. The van der Waals surface area contributed by atoms with E-state index in [9.17, 15) is 9.50 Å². The molecule has 1 rings (SSSR count). The molecule has 1 atom stereocenters. The molecule has 2 N–H and O–H groups in total. The van der Waals surface area contributed by atoms with Crippen molar-refractivity contribution in [3.63, 3.8) is 0 Å². The molecule has 0 aliphatic heterocycles. The molecule has 3 nitrogen and oxygen atoms in total. The lowest BCUT2D eigenvalue weighted by atomic mass is 10.1. The second-order valence-electron chi connectivity index (χ2n) is 3.42. The van der Waals surface area contributed by atoms with Gasteiger partial charge in [-0.1, -0.05) is 0 Å². The van der Waals surface area contributed by atoms with Gasteiger partial charge >= 0.3 is 0 Å². The Balaban J connectivity index is 3.09. The molecule has 0 amide bonds. The number of benzene rings is 1. The smallest absolute Gasteiger partial charge is 0.126 e. The van der Waals surface area contributed by atoms with Crippen molar-refractivity contribution in [2.24, 2.45) is 0 Å². The van der Waals surface area contributed by atoms with E-state index in [-0.39, 0.29) is 5.82 Å². The molecule has 1 aromatic rings. The van der Waals surface area contributed by atoms with E-state index in [2.05, 4.69) is 5.32 Å². The van der Waals surface area contributed by atoms with Crippen LogP contribution < -0.4 is 10.1 Å². The van der Waals surface area contributed by atoms with Crippen molar-refractivity contribution >= 4 is 0 Å². The first-order chi connectivity index (χ1) is 7.10. The Morgan fingerprint density at radius 2 is 2.20 bits per heavy atom. The van der Waals surface area contributed by atoms with Gasteiger partial charge in [-0.2, -0.15) is 0 Å². The fourth-order valence-electron chi connectivity index (χ4n) is 1.41. The summed E-state index contributed by atoms with van der Waals surface area (Å²) in [5.41, 5.74) is 0.974. The molecule has 0 fully saturated rings. The number of aliphatic hydroxyl groups is 1. The minimum absolute atomic E-state index is 0.332. The molecule has 0 aromatic heterocycles. The molecule has 0 saturated carbocycles. The highest BCUT2D eigenvalue weighted by Gasteiger charge is 2.15. The van der Waals surface area contributed by atoms with Crippen molar-refractivity contribution in [2.45, 2.75) is 13.0 Å². The standard InChI is InChI=1S/C11H16FNO2/c1-7-4-11(15-3)8(5-9(7)12)10(14)6-13-2/h4-5,10,13-14H,6H2,1-3H3. The topological polar surface area (TPSA) is 41.5 Å². The molecule has 0 spiro atoms. The van der Waals surface area contributed by atoms with Crippen LogP contribution in [0.5, 0.6) is 5.75 Å². The van der Waals surface area contributed by atoms with E-state index in [1.807, 2.05) is 0 Å². The molecule has 1 aromatic carbocycles. The van der Waals surface area contributed by atoms with Gasteiger partial charge in [0.25, 0.3) is 0 Å². The average molecular weight is 213 g/mol. The summed E-state index contributed by atoms with van der Waals surface area (Å²) in [4.78, 5) is 0. The molecule has 0 aliphatic carbocycles. The number of hydrogen-bond acceptors (Lipinski definition) is 3. The van der Waals surface area contributed by atoms with Crippen LogP contribution in [0.2, 0.25) is 0 Å². The Bertz CT molecular complexity index is 342. The molecular formula is C11H16FNO2. The quantitative estimate of drug-likeness (QED) is 0.794. The van der Waals surface area contributed by atoms with E-state index in [1.54, 1.807) is 20.0 Å². The van der Waals surface area contributed by atoms with Gasteiger partial charge in [0.15, 0.2) is 0 Å². The van der Waals surface area contributed by atoms with Gasteiger partial charge in [-0.3, -0.25) is 0 Å². The van der Waals surface area contributed by atoms with Crippen LogP contribution in [-0.2, 0) is 0 Å². The van der Waals surface area contributed by atoms with Crippen molar-refractivity contribution < 1.29 is 14.2 Å². The van der Waals surface area contributed by atoms with Gasteiger partial charge in [0.05, 0.1) is 13.2 Å². The van der Waals surface area contributed by atoms with E-state index >= 15 is 0 Å². The van der Waals surface area contributed by atoms with Gasteiger partial charge in [-0.25, -0.2) is 4.39 Å². The minimum atomic E-state index is -0.764. The predicted molar refractivity (Wildman–Crippen MR) is 56.6 cm³/mol. The monoisotopic (exact) mass is 213 g/mol. The number of rotatable bonds is 4. The molecule has 0 radical (unpaired) electrons. The summed E-state index contributed by atoms with van der Waals surface area (Å²) < 4.78 is 18.4. The minimum Gasteiger partial charge on any atom is -0.496 e. The third-order valence-electron chi connectivity index (χ3n) is 2.27. The van der Waals surface area contributed by atoms with Gasteiger partial charge in [0, 0.05) is 12.1 Å². The van der Waals surface area contributed by atoms with Gasteiger partial charge in [0.2, 0.25) is 0 Å². The van der Waals surface area contributed by atoms with Crippen LogP contribution in [-0.4, -0.2) is 25.8 Å². The highest BCUT2D eigenvalue weighted by molar-refractivity contribution is 5.39. The van der Waals surface area contributed by atoms with E-state index in [1.165, 1.54) is 13.2 Å². The van der Waals surface area contributed by atoms with Crippen LogP contribution in [0.25, 0.3) is 0 Å². The van der Waals surface area contributed by atoms with Crippen molar-refractivity contribution in [1.82, 2.24) is 5.32 Å². The van der Waals surface area contributed by atoms with Crippen LogP contribution in [0, 0.1) is 12.7 Å². The number of nitrogens with one attached hydrogen (secondary N) is 1. The lowest BCUT2D eigenvalue weighted by Crippen LogP contribution is -2.17. The van der Waals surface area contributed by atoms with Crippen LogP contribution in [0.15, 0.2) is 12.1 Å². The van der Waals surface area contributed by atoms with Crippen molar-refractivity contribution in [3.05, 3.63) is 29.1 Å². The first-order valence-electron chi connectivity index (χ1n) is 4.76. The molecule has 0 saturated heterocycles. The molecule has 84 valence electrons. The second kappa shape index (κ2) is 5.09. The maximum Gasteiger partial charge on any atom is 0.126 e. The second-order valence-corrected chi connectivity index (χ2v) is 3.42. The summed E-state index contributed by atoms with van der Waals surface area (Å²) in [7, 11) is 3.22. The number of methoxy groups -OCH3 is 1. The molecular weight excluding hydrogens is 197 g/mol.